The van der Waals surface area contributed by atoms with E-state index in [9.17, 15) is 14.9 Å². The van der Waals surface area contributed by atoms with Gasteiger partial charge >= 0.3 is 6.03 Å². The first-order chi connectivity index (χ1) is 13.6. The number of hydrogen-bond acceptors (Lipinski definition) is 5. The van der Waals surface area contributed by atoms with E-state index in [4.69, 9.17) is 4.74 Å². The second kappa shape index (κ2) is 10.3. The molecule has 3 amide bonds. The SMILES string of the molecule is CC(C)CN1CCC(C#N)C1NC(=O)C(CC(C)(C)C)NC(=O)N1CCOCC1. The van der Waals surface area contributed by atoms with Gasteiger partial charge in [-0.15, -0.1) is 0 Å². The number of carbonyl (C=O) groups excluding carboxylic acids is 2. The van der Waals surface area contributed by atoms with Gasteiger partial charge in [0, 0.05) is 26.2 Å². The average Bonchev–Trinajstić information content (AvgIpc) is 3.01. The van der Waals surface area contributed by atoms with Crippen LogP contribution in [0.3, 0.4) is 0 Å². The number of carbonyl (C=O) groups is 2. The molecule has 0 aromatic rings. The van der Waals surface area contributed by atoms with Gasteiger partial charge in [-0.25, -0.2) is 4.79 Å². The molecule has 2 saturated heterocycles. The molecule has 0 saturated carbocycles. The number of nitrogens with zero attached hydrogens (tertiary/aromatic N) is 3. The molecule has 0 spiro atoms. The van der Waals surface area contributed by atoms with Crippen LogP contribution in [0.5, 0.6) is 0 Å². The summed E-state index contributed by atoms with van der Waals surface area (Å²) in [4.78, 5) is 29.7. The maximum absolute atomic E-state index is 13.2. The van der Waals surface area contributed by atoms with Crippen molar-refractivity contribution in [3.63, 3.8) is 0 Å². The molecule has 2 aliphatic heterocycles. The van der Waals surface area contributed by atoms with Crippen LogP contribution in [0.4, 0.5) is 4.79 Å². The molecule has 0 radical (unpaired) electrons. The van der Waals surface area contributed by atoms with Crippen LogP contribution in [0.1, 0.15) is 47.5 Å². The quantitative estimate of drug-likeness (QED) is 0.699. The first kappa shape index (κ1) is 23.4. The smallest absolute Gasteiger partial charge is 0.318 e. The van der Waals surface area contributed by atoms with E-state index in [-0.39, 0.29) is 29.4 Å². The Bertz CT molecular complexity index is 604. The van der Waals surface area contributed by atoms with Crippen molar-refractivity contribution in [1.82, 2.24) is 20.4 Å². The highest BCUT2D eigenvalue weighted by molar-refractivity contribution is 5.87. The molecule has 0 aliphatic carbocycles. The molecular weight excluding hydrogens is 370 g/mol. The highest BCUT2D eigenvalue weighted by Gasteiger charge is 2.38. The zero-order valence-corrected chi connectivity index (χ0v) is 18.5. The Labute approximate surface area is 174 Å². The number of hydrogen-bond donors (Lipinski definition) is 2. The van der Waals surface area contributed by atoms with Crippen molar-refractivity contribution in [3.05, 3.63) is 0 Å². The Hall–Kier alpha value is -1.85. The van der Waals surface area contributed by atoms with Crippen LogP contribution in [-0.4, -0.2) is 73.3 Å². The second-order valence-corrected chi connectivity index (χ2v) is 9.73. The van der Waals surface area contributed by atoms with Gasteiger partial charge in [0.15, 0.2) is 0 Å². The summed E-state index contributed by atoms with van der Waals surface area (Å²) >= 11 is 0. The van der Waals surface area contributed by atoms with Gasteiger partial charge in [-0.3, -0.25) is 9.69 Å². The molecule has 29 heavy (non-hydrogen) atoms. The number of nitriles is 1. The van der Waals surface area contributed by atoms with Gasteiger partial charge < -0.3 is 20.3 Å². The molecule has 3 atom stereocenters. The van der Waals surface area contributed by atoms with Crippen molar-refractivity contribution in [2.24, 2.45) is 17.3 Å². The summed E-state index contributed by atoms with van der Waals surface area (Å²) in [6.07, 6.45) is 0.957. The Morgan fingerprint density at radius 3 is 2.41 bits per heavy atom. The van der Waals surface area contributed by atoms with Crippen molar-refractivity contribution in [3.8, 4) is 6.07 Å². The van der Waals surface area contributed by atoms with Crippen LogP contribution in [0.2, 0.25) is 0 Å². The Kier molecular flexibility index (Phi) is 8.29. The molecule has 2 N–H and O–H groups in total. The number of likely N-dealkylation sites (tertiary alicyclic amines) is 1. The summed E-state index contributed by atoms with van der Waals surface area (Å²) in [6.45, 7) is 14.1. The van der Waals surface area contributed by atoms with E-state index < -0.39 is 6.04 Å². The van der Waals surface area contributed by atoms with Gasteiger partial charge in [-0.1, -0.05) is 34.6 Å². The van der Waals surface area contributed by atoms with E-state index in [0.717, 1.165) is 19.5 Å². The number of nitrogens with one attached hydrogen (secondary N) is 2. The first-order valence-electron chi connectivity index (χ1n) is 10.7. The second-order valence-electron chi connectivity index (χ2n) is 9.73. The third kappa shape index (κ3) is 7.16. The fourth-order valence-corrected chi connectivity index (χ4v) is 3.93. The van der Waals surface area contributed by atoms with Crippen molar-refractivity contribution in [1.29, 1.82) is 5.26 Å². The zero-order valence-electron chi connectivity index (χ0n) is 18.5. The predicted molar refractivity (Wildman–Crippen MR) is 111 cm³/mol. The Morgan fingerprint density at radius 2 is 1.86 bits per heavy atom. The molecule has 0 aromatic carbocycles. The number of morpholine rings is 1. The summed E-state index contributed by atoms with van der Waals surface area (Å²) in [5.41, 5.74) is -0.137. The van der Waals surface area contributed by atoms with Gasteiger partial charge in [0.05, 0.1) is 31.4 Å². The monoisotopic (exact) mass is 407 g/mol. The van der Waals surface area contributed by atoms with Crippen LogP contribution < -0.4 is 10.6 Å². The summed E-state index contributed by atoms with van der Waals surface area (Å²) < 4.78 is 5.30. The minimum atomic E-state index is -0.647. The minimum Gasteiger partial charge on any atom is -0.378 e. The van der Waals surface area contributed by atoms with E-state index in [2.05, 4.69) is 35.5 Å². The summed E-state index contributed by atoms with van der Waals surface area (Å²) in [7, 11) is 0. The number of urea groups is 1. The molecule has 2 fully saturated rings. The van der Waals surface area contributed by atoms with Crippen LogP contribution in [0, 0.1) is 28.6 Å². The third-order valence-corrected chi connectivity index (χ3v) is 5.29. The van der Waals surface area contributed by atoms with Gasteiger partial charge in [-0.2, -0.15) is 5.26 Å². The molecule has 2 heterocycles. The summed E-state index contributed by atoms with van der Waals surface area (Å²) in [6, 6.07) is 1.45. The normalized spacial score (nSPS) is 24.2. The molecule has 8 nitrogen and oxygen atoms in total. The van der Waals surface area contributed by atoms with Crippen molar-refractivity contribution < 1.29 is 14.3 Å². The van der Waals surface area contributed by atoms with Crippen LogP contribution >= 0.6 is 0 Å². The lowest BCUT2D eigenvalue weighted by atomic mass is 9.87. The van der Waals surface area contributed by atoms with E-state index in [1.807, 2.05) is 20.8 Å². The van der Waals surface area contributed by atoms with Gasteiger partial charge in [0.25, 0.3) is 0 Å². The summed E-state index contributed by atoms with van der Waals surface area (Å²) in [5, 5.41) is 15.5. The van der Waals surface area contributed by atoms with Gasteiger partial charge in [0.1, 0.15) is 6.04 Å². The lowest BCUT2D eigenvalue weighted by Crippen LogP contribution is -2.58. The Balaban J connectivity index is 2.09. The number of ether oxygens (including phenoxy) is 1. The van der Waals surface area contributed by atoms with Crippen molar-refractivity contribution >= 4 is 11.9 Å². The minimum absolute atomic E-state index is 0.137. The number of rotatable bonds is 6. The van der Waals surface area contributed by atoms with Crippen molar-refractivity contribution in [2.45, 2.75) is 59.7 Å². The molecule has 164 valence electrons. The van der Waals surface area contributed by atoms with Crippen LogP contribution in [-0.2, 0) is 9.53 Å². The van der Waals surface area contributed by atoms with Gasteiger partial charge in [0.2, 0.25) is 5.91 Å². The zero-order chi connectivity index (χ0) is 21.6. The van der Waals surface area contributed by atoms with Gasteiger partial charge in [-0.05, 0) is 24.2 Å². The summed E-state index contributed by atoms with van der Waals surface area (Å²) in [5.74, 6) is -0.0105. The standard InChI is InChI=1S/C21H37N5O3/c1-15(2)14-26-7-6-16(13-22)18(26)24-19(27)17(12-21(3,4)5)23-20(28)25-8-10-29-11-9-25/h15-18H,6-12,14H2,1-5H3,(H,23,28)(H,24,27). The lowest BCUT2D eigenvalue weighted by Gasteiger charge is -2.33. The largest absolute Gasteiger partial charge is 0.378 e. The predicted octanol–water partition coefficient (Wildman–Crippen LogP) is 1.78. The first-order valence-corrected chi connectivity index (χ1v) is 10.7. The molecule has 2 rings (SSSR count). The van der Waals surface area contributed by atoms with Crippen LogP contribution in [0.15, 0.2) is 0 Å². The highest BCUT2D eigenvalue weighted by Crippen LogP contribution is 2.25. The van der Waals surface area contributed by atoms with E-state index in [1.54, 1.807) is 4.90 Å². The maximum Gasteiger partial charge on any atom is 0.318 e. The topological polar surface area (TPSA) is 97.7 Å². The van der Waals surface area contributed by atoms with Crippen molar-refractivity contribution in [2.75, 3.05) is 39.4 Å². The van der Waals surface area contributed by atoms with E-state index in [1.165, 1.54) is 0 Å². The molecule has 0 bridgehead atoms. The van der Waals surface area contributed by atoms with E-state index >= 15 is 0 Å². The molecule has 2 aliphatic rings. The molecular formula is C21H37N5O3. The molecule has 3 unspecified atom stereocenters. The fraction of sp³-hybridized carbons (Fsp3) is 0.857. The lowest BCUT2D eigenvalue weighted by molar-refractivity contribution is -0.125. The van der Waals surface area contributed by atoms with Crippen LogP contribution in [0.25, 0.3) is 0 Å². The number of amides is 3. The average molecular weight is 408 g/mol. The Morgan fingerprint density at radius 1 is 1.21 bits per heavy atom. The highest BCUT2D eigenvalue weighted by atomic mass is 16.5. The molecule has 8 heteroatoms. The fourth-order valence-electron chi connectivity index (χ4n) is 3.93. The molecule has 0 aromatic heterocycles. The van der Waals surface area contributed by atoms with E-state index in [0.29, 0.717) is 38.6 Å². The maximum atomic E-state index is 13.2. The third-order valence-electron chi connectivity index (χ3n) is 5.29.